The Kier molecular flexibility index (Phi) is 3.50. The second-order valence-corrected chi connectivity index (χ2v) is 6.56. The molecule has 4 heteroatoms. The van der Waals surface area contributed by atoms with Gasteiger partial charge in [0.25, 0.3) is 0 Å². The van der Waals surface area contributed by atoms with E-state index in [0.717, 1.165) is 10.2 Å². The maximum Gasteiger partial charge on any atom is 0.114 e. The molecule has 3 rings (SSSR count). The quantitative estimate of drug-likeness (QED) is 0.918. The second-order valence-electron chi connectivity index (χ2n) is 4.75. The predicted molar refractivity (Wildman–Crippen MR) is 79.0 cm³/mol. The van der Waals surface area contributed by atoms with Crippen LogP contribution in [0.15, 0.2) is 34.1 Å². The van der Waals surface area contributed by atoms with Gasteiger partial charge in [0, 0.05) is 21.6 Å². The third kappa shape index (κ3) is 2.82. The average Bonchev–Trinajstić information content (AvgIpc) is 3.09. The molecule has 1 aromatic carbocycles. The lowest BCUT2D eigenvalue weighted by molar-refractivity contribution is 0.597. The molecule has 1 heterocycles. The van der Waals surface area contributed by atoms with Crippen LogP contribution in [0, 0.1) is 6.92 Å². The molecule has 0 bridgehead atoms. The van der Waals surface area contributed by atoms with Crippen LogP contribution in [0.1, 0.15) is 35.1 Å². The van der Waals surface area contributed by atoms with E-state index in [1.807, 2.05) is 0 Å². The van der Waals surface area contributed by atoms with Crippen molar-refractivity contribution in [1.29, 1.82) is 0 Å². The van der Waals surface area contributed by atoms with Gasteiger partial charge in [-0.25, -0.2) is 4.98 Å². The predicted octanol–water partition coefficient (Wildman–Crippen LogP) is 4.06. The van der Waals surface area contributed by atoms with Crippen molar-refractivity contribution in [3.63, 3.8) is 0 Å². The lowest BCUT2D eigenvalue weighted by Gasteiger charge is -2.16. The molecule has 18 heavy (non-hydrogen) atoms. The van der Waals surface area contributed by atoms with Crippen LogP contribution in [-0.2, 0) is 0 Å². The molecular weight excluding hydrogens is 308 g/mol. The molecule has 1 N–H and O–H groups in total. The SMILES string of the molecule is Cc1csc(C(NC2CC2)c2ccc(Br)cc2)n1. The van der Waals surface area contributed by atoms with Gasteiger partial charge in [-0.3, -0.25) is 0 Å². The Balaban J connectivity index is 1.91. The first-order valence-electron chi connectivity index (χ1n) is 6.16. The largest absolute Gasteiger partial charge is 0.301 e. The minimum absolute atomic E-state index is 0.240. The number of nitrogens with one attached hydrogen (secondary N) is 1. The summed E-state index contributed by atoms with van der Waals surface area (Å²) in [5.41, 5.74) is 2.40. The van der Waals surface area contributed by atoms with Crippen LogP contribution in [0.4, 0.5) is 0 Å². The highest BCUT2D eigenvalue weighted by Gasteiger charge is 2.27. The molecule has 0 amide bonds. The van der Waals surface area contributed by atoms with Crippen molar-refractivity contribution in [3.8, 4) is 0 Å². The van der Waals surface area contributed by atoms with E-state index in [4.69, 9.17) is 0 Å². The first-order chi connectivity index (χ1) is 8.72. The Labute approximate surface area is 120 Å². The molecule has 2 aromatic rings. The van der Waals surface area contributed by atoms with E-state index in [1.165, 1.54) is 23.4 Å². The number of halogens is 1. The Bertz CT molecular complexity index is 531. The average molecular weight is 323 g/mol. The van der Waals surface area contributed by atoms with Crippen LogP contribution in [0.5, 0.6) is 0 Å². The van der Waals surface area contributed by atoms with Crippen LogP contribution in [-0.4, -0.2) is 11.0 Å². The van der Waals surface area contributed by atoms with Crippen LogP contribution in [0.25, 0.3) is 0 Å². The monoisotopic (exact) mass is 322 g/mol. The van der Waals surface area contributed by atoms with Crippen molar-refractivity contribution >= 4 is 27.3 Å². The summed E-state index contributed by atoms with van der Waals surface area (Å²) in [6.45, 7) is 2.05. The number of aromatic nitrogens is 1. The van der Waals surface area contributed by atoms with Crippen molar-refractivity contribution in [2.45, 2.75) is 31.8 Å². The Morgan fingerprint density at radius 2 is 2.06 bits per heavy atom. The summed E-state index contributed by atoms with van der Waals surface area (Å²) in [6, 6.07) is 9.43. The third-order valence-electron chi connectivity index (χ3n) is 3.07. The Morgan fingerprint density at radius 3 is 2.61 bits per heavy atom. The second kappa shape index (κ2) is 5.11. The van der Waals surface area contributed by atoms with Crippen molar-refractivity contribution in [2.75, 3.05) is 0 Å². The highest BCUT2D eigenvalue weighted by Crippen LogP contribution is 2.30. The van der Waals surface area contributed by atoms with Gasteiger partial charge in [-0.15, -0.1) is 11.3 Å². The molecule has 1 aromatic heterocycles. The topological polar surface area (TPSA) is 24.9 Å². The summed E-state index contributed by atoms with van der Waals surface area (Å²) in [6.07, 6.45) is 2.58. The van der Waals surface area contributed by atoms with E-state index in [1.54, 1.807) is 11.3 Å². The molecule has 0 aliphatic heterocycles. The van der Waals surface area contributed by atoms with E-state index in [2.05, 4.69) is 62.8 Å². The van der Waals surface area contributed by atoms with Gasteiger partial charge in [0.05, 0.1) is 6.04 Å². The third-order valence-corrected chi connectivity index (χ3v) is 4.62. The number of benzene rings is 1. The molecule has 1 fully saturated rings. The molecule has 1 atom stereocenters. The van der Waals surface area contributed by atoms with E-state index in [9.17, 15) is 0 Å². The highest BCUT2D eigenvalue weighted by molar-refractivity contribution is 9.10. The van der Waals surface area contributed by atoms with Gasteiger partial charge in [0.15, 0.2) is 0 Å². The Hall–Kier alpha value is -0.710. The molecule has 1 saturated carbocycles. The minimum atomic E-state index is 0.240. The summed E-state index contributed by atoms with van der Waals surface area (Å²) >= 11 is 5.23. The van der Waals surface area contributed by atoms with Gasteiger partial charge in [-0.1, -0.05) is 28.1 Å². The van der Waals surface area contributed by atoms with Gasteiger partial charge in [0.2, 0.25) is 0 Å². The van der Waals surface area contributed by atoms with Crippen LogP contribution < -0.4 is 5.32 Å². The van der Waals surface area contributed by atoms with Crippen molar-refractivity contribution < 1.29 is 0 Å². The lowest BCUT2D eigenvalue weighted by atomic mass is 10.1. The molecule has 1 aliphatic rings. The van der Waals surface area contributed by atoms with Crippen LogP contribution in [0.2, 0.25) is 0 Å². The number of hydrogen-bond acceptors (Lipinski definition) is 3. The van der Waals surface area contributed by atoms with Gasteiger partial charge >= 0.3 is 0 Å². The molecule has 0 spiro atoms. The molecule has 0 saturated heterocycles. The molecule has 0 radical (unpaired) electrons. The van der Waals surface area contributed by atoms with Crippen molar-refractivity contribution in [3.05, 3.63) is 50.4 Å². The number of rotatable bonds is 4. The maximum absolute atomic E-state index is 4.63. The molecule has 2 nitrogen and oxygen atoms in total. The molecule has 1 aliphatic carbocycles. The minimum Gasteiger partial charge on any atom is -0.301 e. The number of aryl methyl sites for hydroxylation is 1. The van der Waals surface area contributed by atoms with Gasteiger partial charge in [-0.05, 0) is 37.5 Å². The number of hydrogen-bond donors (Lipinski definition) is 1. The summed E-state index contributed by atoms with van der Waals surface area (Å²) < 4.78 is 1.12. The molecule has 94 valence electrons. The number of nitrogens with zero attached hydrogens (tertiary/aromatic N) is 1. The summed E-state index contributed by atoms with van der Waals surface area (Å²) in [4.78, 5) is 4.63. The first kappa shape index (κ1) is 12.3. The summed E-state index contributed by atoms with van der Waals surface area (Å²) in [5.74, 6) is 0. The zero-order chi connectivity index (χ0) is 12.5. The van der Waals surface area contributed by atoms with E-state index in [-0.39, 0.29) is 6.04 Å². The van der Waals surface area contributed by atoms with Gasteiger partial charge < -0.3 is 5.32 Å². The van der Waals surface area contributed by atoms with Crippen molar-refractivity contribution in [1.82, 2.24) is 10.3 Å². The smallest absolute Gasteiger partial charge is 0.114 e. The van der Waals surface area contributed by atoms with E-state index < -0.39 is 0 Å². The van der Waals surface area contributed by atoms with E-state index >= 15 is 0 Å². The van der Waals surface area contributed by atoms with Gasteiger partial charge in [-0.2, -0.15) is 0 Å². The molecule has 1 unspecified atom stereocenters. The summed E-state index contributed by atoms with van der Waals surface area (Å²) in [7, 11) is 0. The van der Waals surface area contributed by atoms with Crippen molar-refractivity contribution in [2.24, 2.45) is 0 Å². The first-order valence-corrected chi connectivity index (χ1v) is 7.83. The lowest BCUT2D eigenvalue weighted by Crippen LogP contribution is -2.24. The summed E-state index contributed by atoms with van der Waals surface area (Å²) in [5, 5.41) is 6.98. The zero-order valence-electron chi connectivity index (χ0n) is 10.2. The zero-order valence-corrected chi connectivity index (χ0v) is 12.6. The molecular formula is C14H15BrN2S. The maximum atomic E-state index is 4.63. The van der Waals surface area contributed by atoms with E-state index in [0.29, 0.717) is 6.04 Å². The Morgan fingerprint density at radius 1 is 1.33 bits per heavy atom. The fourth-order valence-electron chi connectivity index (χ4n) is 1.96. The number of thiazole rings is 1. The fraction of sp³-hybridized carbons (Fsp3) is 0.357. The highest BCUT2D eigenvalue weighted by atomic mass is 79.9. The van der Waals surface area contributed by atoms with Crippen LogP contribution in [0.3, 0.4) is 0 Å². The standard InChI is InChI=1S/C14H15BrN2S/c1-9-8-18-14(16-9)13(17-12-6-7-12)10-2-4-11(15)5-3-10/h2-5,8,12-13,17H,6-7H2,1H3. The van der Waals surface area contributed by atoms with Gasteiger partial charge in [0.1, 0.15) is 5.01 Å². The normalized spacial score (nSPS) is 16.8. The fourth-order valence-corrected chi connectivity index (χ4v) is 3.10. The van der Waals surface area contributed by atoms with Crippen LogP contribution >= 0.6 is 27.3 Å².